The van der Waals surface area contributed by atoms with Crippen LogP contribution in [0.5, 0.6) is 0 Å². The highest BCUT2D eigenvalue weighted by Gasteiger charge is 2.18. The Kier molecular flexibility index (Phi) is 2.55. The van der Waals surface area contributed by atoms with E-state index in [-0.39, 0.29) is 10.8 Å². The summed E-state index contributed by atoms with van der Waals surface area (Å²) in [5.41, 5.74) is -7.50. The lowest BCUT2D eigenvalue weighted by Crippen LogP contribution is -1.92. The summed E-state index contributed by atoms with van der Waals surface area (Å²) in [5.74, 6) is 0. The molecule has 0 atom stereocenters. The van der Waals surface area contributed by atoms with E-state index in [9.17, 15) is 23.3 Å². The zero-order valence-corrected chi connectivity index (χ0v) is 27.0. The van der Waals surface area contributed by atoms with Crippen LogP contribution >= 0.6 is 0 Å². The topological polar surface area (TPSA) is 0 Å². The van der Waals surface area contributed by atoms with Gasteiger partial charge in [0.25, 0.3) is 0 Å². The average molecular weight is 713 g/mol. The summed E-state index contributed by atoms with van der Waals surface area (Å²) < 4.78 is 296. The van der Waals surface area contributed by atoms with E-state index in [1.807, 2.05) is 0 Å². The Balaban J connectivity index is 1.36. The van der Waals surface area contributed by atoms with E-state index in [2.05, 4.69) is 0 Å². The van der Waals surface area contributed by atoms with Gasteiger partial charge < -0.3 is 0 Å². The van der Waals surface area contributed by atoms with Crippen molar-refractivity contribution in [3.05, 3.63) is 193 Å². The molecule has 12 aromatic rings. The zero-order chi connectivity index (χ0) is 63.2. The van der Waals surface area contributed by atoms with Gasteiger partial charge in [0.1, 0.15) is 0 Å². The van der Waals surface area contributed by atoms with E-state index in [0.29, 0.717) is 0 Å². The van der Waals surface area contributed by atoms with E-state index < -0.39 is 302 Å². The molecule has 0 bridgehead atoms. The van der Waals surface area contributed by atoms with Gasteiger partial charge in [-0.05, 0) is 138 Å². The molecule has 0 amide bonds. The Morgan fingerprint density at radius 2 is 0.685 bits per heavy atom. The molecule has 0 heteroatoms. The molecule has 0 aliphatic carbocycles. The van der Waals surface area contributed by atoms with Crippen molar-refractivity contribution in [3.63, 3.8) is 0 Å². The lowest BCUT2D eigenvalue weighted by molar-refractivity contribution is 1.58. The lowest BCUT2D eigenvalue weighted by atomic mass is 9.85. The maximum absolute atomic E-state index is 10.3. The van der Waals surface area contributed by atoms with Crippen LogP contribution in [0.3, 0.4) is 0 Å². The molecule has 0 saturated heterocycles. The lowest BCUT2D eigenvalue weighted by Gasteiger charge is -2.19. The highest BCUT2D eigenvalue weighted by atomic mass is 14.2. The fraction of sp³-hybridized carbons (Fsp3) is 0. The Morgan fingerprint density at radius 1 is 0.222 bits per heavy atom. The smallest absolute Gasteiger partial charge is 0.0622 e. The highest BCUT2D eigenvalue weighted by molar-refractivity contribution is 6.27. The molecule has 0 N–H and O–H groups in total. The molecule has 0 nitrogen and oxygen atoms in total. The van der Waals surface area contributed by atoms with Gasteiger partial charge in [-0.3, -0.25) is 0 Å². The molecule has 0 saturated carbocycles. The monoisotopic (exact) mass is 712 g/mol. The van der Waals surface area contributed by atoms with Crippen LogP contribution in [0.15, 0.2) is 193 Å². The van der Waals surface area contributed by atoms with Gasteiger partial charge in [0.2, 0.25) is 0 Å². The molecular formula is C54H32. The molecule has 0 aliphatic rings. The number of hydrogen-bond donors (Lipinski definition) is 0. The molecule has 0 radical (unpaired) electrons. The zero-order valence-electron chi connectivity index (χ0n) is 59.0. The van der Waals surface area contributed by atoms with E-state index in [4.69, 9.17) is 20.6 Å². The van der Waals surface area contributed by atoms with Crippen LogP contribution in [0.2, 0.25) is 0 Å². The Morgan fingerprint density at radius 3 is 1.31 bits per heavy atom. The minimum Gasteiger partial charge on any atom is -0.0622 e. The van der Waals surface area contributed by atoms with Crippen molar-refractivity contribution >= 4 is 75.4 Å². The van der Waals surface area contributed by atoms with E-state index in [1.54, 1.807) is 0 Å². The normalized spacial score (nSPS) is 20.4. The van der Waals surface area contributed by atoms with Gasteiger partial charge in [-0.15, -0.1) is 0 Å². The molecule has 54 heavy (non-hydrogen) atoms. The van der Waals surface area contributed by atoms with Crippen molar-refractivity contribution in [2.24, 2.45) is 0 Å². The third-order valence-electron chi connectivity index (χ3n) is 9.38. The first-order chi connectivity index (χ1) is 40.1. The first-order valence-electron chi connectivity index (χ1n) is 32.2. The van der Waals surface area contributed by atoms with Crippen molar-refractivity contribution in [1.82, 2.24) is 0 Å². The van der Waals surface area contributed by atoms with E-state index >= 15 is 0 Å². The van der Waals surface area contributed by atoms with Gasteiger partial charge in [-0.1, -0.05) is 175 Å². The Hall–Kier alpha value is -7.02. The number of rotatable bonds is 4. The highest BCUT2D eigenvalue weighted by Crippen LogP contribution is 2.45. The predicted octanol–water partition coefficient (Wildman–Crippen LogP) is 15.3. The third kappa shape index (κ3) is 4.26. The second-order valence-electron chi connectivity index (χ2n) is 12.2. The van der Waals surface area contributed by atoms with Crippen LogP contribution in [0.25, 0.3) is 120 Å². The van der Waals surface area contributed by atoms with Crippen molar-refractivity contribution in [2.75, 3.05) is 0 Å². The quantitative estimate of drug-likeness (QED) is 0.159. The van der Waals surface area contributed by atoms with Crippen molar-refractivity contribution in [1.29, 1.82) is 0 Å². The van der Waals surface area contributed by atoms with E-state index in [0.717, 1.165) is 0 Å². The van der Waals surface area contributed by atoms with Gasteiger partial charge in [-0.25, -0.2) is 0 Å². The van der Waals surface area contributed by atoms with Gasteiger partial charge >= 0.3 is 0 Å². The van der Waals surface area contributed by atoms with Gasteiger partial charge in [0.05, 0.1) is 43.9 Å². The fourth-order valence-corrected chi connectivity index (χ4v) is 7.03. The van der Waals surface area contributed by atoms with Crippen molar-refractivity contribution in [2.45, 2.75) is 0 Å². The van der Waals surface area contributed by atoms with Crippen LogP contribution in [0, 0.1) is 0 Å². The average Bonchev–Trinajstić information content (AvgIpc) is 0.697. The number of fused-ring (bicyclic) bond motifs is 1. The van der Waals surface area contributed by atoms with Crippen molar-refractivity contribution < 1.29 is 43.9 Å². The molecule has 0 aliphatic heterocycles. The van der Waals surface area contributed by atoms with Gasteiger partial charge in [0.15, 0.2) is 0 Å². The van der Waals surface area contributed by atoms with Crippen LogP contribution in [-0.4, -0.2) is 0 Å². The number of hydrogen-bond acceptors (Lipinski definition) is 0. The number of benzene rings is 12. The molecule has 248 valence electrons. The summed E-state index contributed by atoms with van der Waals surface area (Å²) in [4.78, 5) is 0. The van der Waals surface area contributed by atoms with Gasteiger partial charge in [0, 0.05) is 0 Å². The molecule has 0 unspecified atom stereocenters. The maximum Gasteiger partial charge on any atom is 0.0636 e. The first kappa shape index (κ1) is 12.3. The standard InChI is InChI=1S/C54H32/c1-2-8-33(9-3-1)49-31-40(24-27-45(49)44-25-20-38-18-16-34-11-6-13-36-22-28-47(44)53(38)51(34)36)42-30-41-10-4-5-15-43(41)50(32-42)46-26-21-39-19-17-35-12-7-14-37-23-29-48(46)54(39)52(35)37/h1-32H/i1D,2D,3D,4D,5D,6D,7D,8D,9D,10D,11D,12D,13D,14D,15D,16D,17D,18D,19D,20D,21D,22D,23D,24D,25D,26D,27D,28D,29D,30D,31D,32D. The van der Waals surface area contributed by atoms with Crippen LogP contribution in [-0.2, 0) is 0 Å². The Labute approximate surface area is 357 Å². The summed E-state index contributed by atoms with van der Waals surface area (Å²) in [5, 5.41) is -7.53. The van der Waals surface area contributed by atoms with E-state index in [1.165, 1.54) is 0 Å². The largest absolute Gasteiger partial charge is 0.0636 e. The molecule has 12 aromatic carbocycles. The second kappa shape index (κ2) is 11.2. The van der Waals surface area contributed by atoms with Crippen LogP contribution in [0.1, 0.15) is 43.9 Å². The minimum absolute atomic E-state index is 0.363. The molecular weight excluding hydrogens is 649 g/mol. The molecule has 0 aromatic heterocycles. The van der Waals surface area contributed by atoms with Crippen LogP contribution < -0.4 is 0 Å². The fourth-order valence-electron chi connectivity index (χ4n) is 7.03. The summed E-state index contributed by atoms with van der Waals surface area (Å²) in [6, 6.07) is -30.8. The summed E-state index contributed by atoms with van der Waals surface area (Å²) >= 11 is 0. The maximum atomic E-state index is 10.3. The Bertz CT molecular complexity index is 5220. The molecule has 0 spiro atoms. The van der Waals surface area contributed by atoms with Crippen molar-refractivity contribution in [3.8, 4) is 44.5 Å². The third-order valence-corrected chi connectivity index (χ3v) is 9.38. The van der Waals surface area contributed by atoms with Crippen LogP contribution in [0.4, 0.5) is 0 Å². The molecule has 0 fully saturated rings. The minimum atomic E-state index is -1.24. The second-order valence-corrected chi connectivity index (χ2v) is 12.2. The predicted molar refractivity (Wildman–Crippen MR) is 233 cm³/mol. The SMILES string of the molecule is [2H]c1c([2H])c([2H])c(-c2c([2H])c(-c3c([2H])c(-c4c([2H])c([2H])c5c([2H])c([2H])c6c([2H])c([2H])c([2H])c7c([2H])c([2H])c4c5c67)c4c([2H])c([2H])c([2H])c([2H])c4c3[2H])c([2H])c([2H])c2-c2c([2H])c([2H])c3c([2H])c([2H])c4c([2H])c([2H])c([2H])c5c([2H])c([2H])c2c3c45)c([2H])c1[2H]. The summed E-state index contributed by atoms with van der Waals surface area (Å²) in [6.45, 7) is 0. The summed E-state index contributed by atoms with van der Waals surface area (Å²) in [7, 11) is 0. The molecule has 0 heterocycles. The van der Waals surface area contributed by atoms with Gasteiger partial charge in [-0.2, -0.15) is 0 Å². The molecule has 12 rings (SSSR count). The first-order valence-corrected chi connectivity index (χ1v) is 16.2. The summed E-state index contributed by atoms with van der Waals surface area (Å²) in [6.07, 6.45) is 0.